The van der Waals surface area contributed by atoms with Crippen LogP contribution in [0, 0.1) is 11.8 Å². The predicted molar refractivity (Wildman–Crippen MR) is 91.2 cm³/mol. The lowest BCUT2D eigenvalue weighted by molar-refractivity contribution is 0.367. The molecular weight excluding hydrogens is 266 g/mol. The SMILES string of the molecule is CNCCC(C)C(C)CC(=C(C)C)c1ccccc1Cl. The fourth-order valence-electron chi connectivity index (χ4n) is 2.47. The number of rotatable bonds is 7. The van der Waals surface area contributed by atoms with Crippen molar-refractivity contribution in [1.82, 2.24) is 5.32 Å². The molecule has 1 aromatic carbocycles. The smallest absolute Gasteiger partial charge is 0.0481 e. The molecule has 0 amide bonds. The van der Waals surface area contributed by atoms with Gasteiger partial charge in [0.1, 0.15) is 0 Å². The van der Waals surface area contributed by atoms with Gasteiger partial charge in [0, 0.05) is 5.02 Å². The molecule has 1 aromatic rings. The maximum absolute atomic E-state index is 6.37. The van der Waals surface area contributed by atoms with Gasteiger partial charge in [-0.15, -0.1) is 0 Å². The first kappa shape index (κ1) is 17.3. The van der Waals surface area contributed by atoms with Gasteiger partial charge in [-0.2, -0.15) is 0 Å². The molecule has 0 aliphatic carbocycles. The first-order valence-corrected chi connectivity index (χ1v) is 7.91. The van der Waals surface area contributed by atoms with Crippen LogP contribution in [0.1, 0.15) is 46.1 Å². The highest BCUT2D eigenvalue weighted by molar-refractivity contribution is 6.32. The molecule has 1 rings (SSSR count). The number of hydrogen-bond acceptors (Lipinski definition) is 1. The average Bonchev–Trinajstić information content (AvgIpc) is 2.42. The summed E-state index contributed by atoms with van der Waals surface area (Å²) >= 11 is 6.37. The van der Waals surface area contributed by atoms with E-state index in [-0.39, 0.29) is 0 Å². The molecule has 1 N–H and O–H groups in total. The van der Waals surface area contributed by atoms with E-state index in [4.69, 9.17) is 11.6 Å². The molecule has 0 radical (unpaired) electrons. The Hall–Kier alpha value is -0.790. The largest absolute Gasteiger partial charge is 0.320 e. The lowest BCUT2D eigenvalue weighted by Gasteiger charge is -2.23. The number of benzene rings is 1. The van der Waals surface area contributed by atoms with E-state index in [1.54, 1.807) is 0 Å². The van der Waals surface area contributed by atoms with Gasteiger partial charge >= 0.3 is 0 Å². The van der Waals surface area contributed by atoms with Gasteiger partial charge in [0.05, 0.1) is 0 Å². The maximum atomic E-state index is 6.37. The molecule has 0 aliphatic rings. The van der Waals surface area contributed by atoms with E-state index in [1.807, 2.05) is 19.2 Å². The van der Waals surface area contributed by atoms with Crippen molar-refractivity contribution in [3.8, 4) is 0 Å². The molecule has 0 aliphatic heterocycles. The highest BCUT2D eigenvalue weighted by atomic mass is 35.5. The second kappa shape index (κ2) is 8.49. The van der Waals surface area contributed by atoms with Crippen molar-refractivity contribution >= 4 is 17.2 Å². The zero-order valence-electron chi connectivity index (χ0n) is 13.5. The molecule has 0 saturated heterocycles. The standard InChI is InChI=1S/C18H28ClN/c1-13(2)17(16-8-6-7-9-18(16)19)12-15(4)14(3)10-11-20-5/h6-9,14-15,20H,10-12H2,1-5H3. The van der Waals surface area contributed by atoms with Crippen LogP contribution in [0.3, 0.4) is 0 Å². The van der Waals surface area contributed by atoms with Gasteiger partial charge < -0.3 is 5.32 Å². The Morgan fingerprint density at radius 2 is 1.80 bits per heavy atom. The predicted octanol–water partition coefficient (Wildman–Crippen LogP) is 5.41. The van der Waals surface area contributed by atoms with Crippen molar-refractivity contribution in [3.63, 3.8) is 0 Å². The normalized spacial score (nSPS) is 13.9. The first-order valence-electron chi connectivity index (χ1n) is 7.53. The Labute approximate surface area is 129 Å². The monoisotopic (exact) mass is 293 g/mol. The summed E-state index contributed by atoms with van der Waals surface area (Å²) in [5, 5.41) is 4.10. The molecule has 0 aromatic heterocycles. The Balaban J connectivity index is 2.85. The van der Waals surface area contributed by atoms with Gasteiger partial charge in [-0.05, 0) is 69.3 Å². The summed E-state index contributed by atoms with van der Waals surface area (Å²) in [5.74, 6) is 1.36. The minimum Gasteiger partial charge on any atom is -0.320 e. The van der Waals surface area contributed by atoms with E-state index in [1.165, 1.54) is 23.1 Å². The third-order valence-electron chi connectivity index (χ3n) is 4.15. The van der Waals surface area contributed by atoms with Crippen LogP contribution in [0.15, 0.2) is 29.8 Å². The Bertz CT molecular complexity index is 446. The van der Waals surface area contributed by atoms with E-state index in [9.17, 15) is 0 Å². The minimum absolute atomic E-state index is 0.657. The molecule has 2 atom stereocenters. The quantitative estimate of drug-likeness (QED) is 0.709. The summed E-state index contributed by atoms with van der Waals surface area (Å²) in [5.41, 5.74) is 3.96. The molecule has 2 heteroatoms. The minimum atomic E-state index is 0.657. The number of allylic oxidation sites excluding steroid dienone is 2. The molecule has 0 saturated carbocycles. The summed E-state index contributed by atoms with van der Waals surface area (Å²) in [6.07, 6.45) is 2.31. The van der Waals surface area contributed by atoms with Crippen LogP contribution < -0.4 is 5.32 Å². The second-order valence-corrected chi connectivity index (χ2v) is 6.42. The molecule has 0 fully saturated rings. The summed E-state index contributed by atoms with van der Waals surface area (Å²) in [4.78, 5) is 0. The third-order valence-corrected chi connectivity index (χ3v) is 4.48. The molecule has 112 valence electrons. The molecule has 0 heterocycles. The van der Waals surface area contributed by atoms with Crippen LogP contribution >= 0.6 is 11.6 Å². The lowest BCUT2D eigenvalue weighted by atomic mass is 9.84. The summed E-state index contributed by atoms with van der Waals surface area (Å²) in [6.45, 7) is 10.1. The highest BCUT2D eigenvalue weighted by Crippen LogP contribution is 2.33. The third kappa shape index (κ3) is 4.96. The van der Waals surface area contributed by atoms with Gasteiger partial charge in [0.2, 0.25) is 0 Å². The van der Waals surface area contributed by atoms with E-state index in [2.05, 4.69) is 45.1 Å². The van der Waals surface area contributed by atoms with Gasteiger partial charge in [-0.1, -0.05) is 49.2 Å². The highest BCUT2D eigenvalue weighted by Gasteiger charge is 2.16. The molecular formula is C18H28ClN. The Morgan fingerprint density at radius 1 is 1.15 bits per heavy atom. The van der Waals surface area contributed by atoms with E-state index >= 15 is 0 Å². The van der Waals surface area contributed by atoms with Crippen LogP contribution in [0.5, 0.6) is 0 Å². The zero-order valence-corrected chi connectivity index (χ0v) is 14.2. The van der Waals surface area contributed by atoms with Crippen molar-refractivity contribution in [2.45, 2.75) is 40.5 Å². The van der Waals surface area contributed by atoms with Crippen LogP contribution in [-0.4, -0.2) is 13.6 Å². The van der Waals surface area contributed by atoms with Crippen molar-refractivity contribution < 1.29 is 0 Å². The summed E-state index contributed by atoms with van der Waals surface area (Å²) in [6, 6.07) is 8.18. The Kier molecular flexibility index (Phi) is 7.32. The van der Waals surface area contributed by atoms with Crippen molar-refractivity contribution in [2.75, 3.05) is 13.6 Å². The van der Waals surface area contributed by atoms with Crippen molar-refractivity contribution in [2.24, 2.45) is 11.8 Å². The number of halogens is 1. The van der Waals surface area contributed by atoms with E-state index in [0.29, 0.717) is 11.8 Å². The molecule has 20 heavy (non-hydrogen) atoms. The van der Waals surface area contributed by atoms with Crippen LogP contribution in [-0.2, 0) is 0 Å². The summed E-state index contributed by atoms with van der Waals surface area (Å²) < 4.78 is 0. The molecule has 0 bridgehead atoms. The topological polar surface area (TPSA) is 12.0 Å². The van der Waals surface area contributed by atoms with Gasteiger partial charge in [-0.25, -0.2) is 0 Å². The van der Waals surface area contributed by atoms with Crippen LogP contribution in [0.4, 0.5) is 0 Å². The number of nitrogens with one attached hydrogen (secondary N) is 1. The lowest BCUT2D eigenvalue weighted by Crippen LogP contribution is -2.16. The zero-order chi connectivity index (χ0) is 15.1. The van der Waals surface area contributed by atoms with E-state index < -0.39 is 0 Å². The van der Waals surface area contributed by atoms with Crippen LogP contribution in [0.2, 0.25) is 5.02 Å². The van der Waals surface area contributed by atoms with Gasteiger partial charge in [0.15, 0.2) is 0 Å². The van der Waals surface area contributed by atoms with Crippen molar-refractivity contribution in [3.05, 3.63) is 40.4 Å². The summed E-state index contributed by atoms with van der Waals surface area (Å²) in [7, 11) is 2.02. The first-order chi connectivity index (χ1) is 9.47. The van der Waals surface area contributed by atoms with Crippen LogP contribution in [0.25, 0.3) is 5.57 Å². The average molecular weight is 294 g/mol. The molecule has 2 unspecified atom stereocenters. The van der Waals surface area contributed by atoms with Crippen molar-refractivity contribution in [1.29, 1.82) is 0 Å². The van der Waals surface area contributed by atoms with E-state index in [0.717, 1.165) is 18.0 Å². The Morgan fingerprint density at radius 3 is 2.35 bits per heavy atom. The molecule has 0 spiro atoms. The van der Waals surface area contributed by atoms with Gasteiger partial charge in [0.25, 0.3) is 0 Å². The number of hydrogen-bond donors (Lipinski definition) is 1. The fourth-order valence-corrected chi connectivity index (χ4v) is 2.72. The van der Waals surface area contributed by atoms with Gasteiger partial charge in [-0.3, -0.25) is 0 Å². The second-order valence-electron chi connectivity index (χ2n) is 6.01. The maximum Gasteiger partial charge on any atom is 0.0481 e. The fraction of sp³-hybridized carbons (Fsp3) is 0.556. The molecule has 1 nitrogen and oxygen atoms in total.